The molecule has 0 aromatic heterocycles. The van der Waals surface area contributed by atoms with Crippen LogP contribution in [0.2, 0.25) is 5.02 Å². The minimum atomic E-state index is 0.332. The first-order chi connectivity index (χ1) is 10.2. The molecule has 3 rings (SSSR count). The molecular formula is C17H17ClINO. The van der Waals surface area contributed by atoms with Gasteiger partial charge in [0.2, 0.25) is 0 Å². The van der Waals surface area contributed by atoms with Gasteiger partial charge in [-0.25, -0.2) is 0 Å². The molecule has 110 valence electrons. The molecule has 0 amide bonds. The second kappa shape index (κ2) is 6.44. The molecule has 0 bridgehead atoms. The molecular weight excluding hydrogens is 397 g/mol. The van der Waals surface area contributed by atoms with Gasteiger partial charge in [-0.3, -0.25) is 0 Å². The average molecular weight is 414 g/mol. The second-order valence-electron chi connectivity index (χ2n) is 5.28. The maximum Gasteiger partial charge on any atom is 0.119 e. The summed E-state index contributed by atoms with van der Waals surface area (Å²) >= 11 is 8.36. The molecule has 1 aliphatic carbocycles. The third kappa shape index (κ3) is 3.29. The maximum atomic E-state index is 6.03. The monoisotopic (exact) mass is 413 g/mol. The third-order valence-electron chi connectivity index (χ3n) is 3.93. The molecule has 2 aromatic rings. The molecule has 4 heteroatoms. The summed E-state index contributed by atoms with van der Waals surface area (Å²) < 4.78 is 6.52. The Hall–Kier alpha value is -0.940. The van der Waals surface area contributed by atoms with Crippen LogP contribution in [-0.4, -0.2) is 7.11 Å². The van der Waals surface area contributed by atoms with Crippen LogP contribution in [0.15, 0.2) is 36.4 Å². The summed E-state index contributed by atoms with van der Waals surface area (Å²) in [5, 5.41) is 4.44. The summed E-state index contributed by atoms with van der Waals surface area (Å²) in [7, 11) is 1.72. The quantitative estimate of drug-likeness (QED) is 0.676. The lowest BCUT2D eigenvalue weighted by molar-refractivity contribution is 0.413. The largest absolute Gasteiger partial charge is 0.497 e. The highest BCUT2D eigenvalue weighted by Gasteiger charge is 2.21. The van der Waals surface area contributed by atoms with Gasteiger partial charge in [-0.05, 0) is 83.3 Å². The van der Waals surface area contributed by atoms with Crippen LogP contribution in [-0.2, 0) is 6.42 Å². The van der Waals surface area contributed by atoms with Gasteiger partial charge in [-0.2, -0.15) is 0 Å². The van der Waals surface area contributed by atoms with Crippen LogP contribution in [0.4, 0.5) is 5.69 Å². The van der Waals surface area contributed by atoms with Gasteiger partial charge >= 0.3 is 0 Å². The van der Waals surface area contributed by atoms with Crippen LogP contribution in [0.25, 0.3) is 0 Å². The fourth-order valence-electron chi connectivity index (χ4n) is 2.85. The van der Waals surface area contributed by atoms with E-state index in [1.807, 2.05) is 18.2 Å². The molecule has 2 nitrogen and oxygen atoms in total. The lowest BCUT2D eigenvalue weighted by Gasteiger charge is -2.28. The highest BCUT2D eigenvalue weighted by molar-refractivity contribution is 14.1. The van der Waals surface area contributed by atoms with E-state index in [9.17, 15) is 0 Å². The zero-order chi connectivity index (χ0) is 14.8. The molecule has 1 atom stereocenters. The summed E-state index contributed by atoms with van der Waals surface area (Å²) in [6, 6.07) is 12.7. The van der Waals surface area contributed by atoms with E-state index in [2.05, 4.69) is 46.1 Å². The zero-order valence-electron chi connectivity index (χ0n) is 11.8. The van der Waals surface area contributed by atoms with E-state index < -0.39 is 0 Å². The van der Waals surface area contributed by atoms with Crippen LogP contribution in [0.3, 0.4) is 0 Å². The van der Waals surface area contributed by atoms with Crippen molar-refractivity contribution in [3.05, 3.63) is 56.1 Å². The van der Waals surface area contributed by atoms with Gasteiger partial charge in [0.05, 0.1) is 13.2 Å². The molecule has 0 heterocycles. The van der Waals surface area contributed by atoms with Crippen molar-refractivity contribution < 1.29 is 4.74 Å². The first kappa shape index (κ1) is 15.0. The van der Waals surface area contributed by atoms with E-state index in [1.165, 1.54) is 17.5 Å². The fourth-order valence-corrected chi connectivity index (χ4v) is 3.88. The second-order valence-corrected chi connectivity index (χ2v) is 6.88. The summed E-state index contributed by atoms with van der Waals surface area (Å²) in [6.45, 7) is 0. The lowest BCUT2D eigenvalue weighted by Crippen LogP contribution is -2.18. The van der Waals surface area contributed by atoms with E-state index in [0.29, 0.717) is 6.04 Å². The molecule has 0 spiro atoms. The predicted molar refractivity (Wildman–Crippen MR) is 96.5 cm³/mol. The van der Waals surface area contributed by atoms with Gasteiger partial charge in [0, 0.05) is 14.3 Å². The Balaban J connectivity index is 1.90. The molecule has 2 aromatic carbocycles. The molecule has 0 saturated heterocycles. The van der Waals surface area contributed by atoms with Crippen molar-refractivity contribution in [2.45, 2.75) is 25.3 Å². The molecule has 0 fully saturated rings. The predicted octanol–water partition coefficient (Wildman–Crippen LogP) is 5.44. The number of nitrogens with one attached hydrogen (secondary N) is 1. The summed E-state index contributed by atoms with van der Waals surface area (Å²) in [5.74, 6) is 0.924. The summed E-state index contributed by atoms with van der Waals surface area (Å²) in [5.41, 5.74) is 3.91. The van der Waals surface area contributed by atoms with Gasteiger partial charge in [0.1, 0.15) is 5.75 Å². The average Bonchev–Trinajstić information content (AvgIpc) is 2.50. The molecule has 1 unspecified atom stereocenters. The molecule has 0 radical (unpaired) electrons. The first-order valence-corrected chi connectivity index (χ1v) is 8.51. The third-order valence-corrected chi connectivity index (χ3v) is 5.06. The van der Waals surface area contributed by atoms with E-state index in [1.54, 1.807) is 7.11 Å². The molecule has 1 N–H and O–H groups in total. The van der Waals surface area contributed by atoms with Crippen molar-refractivity contribution in [3.63, 3.8) is 0 Å². The Kier molecular flexibility index (Phi) is 4.60. The molecule has 0 saturated carbocycles. The van der Waals surface area contributed by atoms with Crippen LogP contribution < -0.4 is 10.1 Å². The first-order valence-electron chi connectivity index (χ1n) is 7.06. The van der Waals surface area contributed by atoms with Crippen LogP contribution in [0, 0.1) is 3.57 Å². The number of anilines is 1. The van der Waals surface area contributed by atoms with Crippen LogP contribution in [0.5, 0.6) is 5.75 Å². The summed E-state index contributed by atoms with van der Waals surface area (Å²) in [6.07, 6.45) is 3.50. The van der Waals surface area contributed by atoms with Crippen molar-refractivity contribution in [2.75, 3.05) is 12.4 Å². The number of hydrogen-bond donors (Lipinski definition) is 1. The fraction of sp³-hybridized carbons (Fsp3) is 0.294. The minimum absolute atomic E-state index is 0.332. The van der Waals surface area contributed by atoms with E-state index >= 15 is 0 Å². The topological polar surface area (TPSA) is 21.3 Å². The van der Waals surface area contributed by atoms with E-state index in [4.69, 9.17) is 16.3 Å². The van der Waals surface area contributed by atoms with Gasteiger partial charge in [-0.15, -0.1) is 0 Å². The Morgan fingerprint density at radius 3 is 2.86 bits per heavy atom. The van der Waals surface area contributed by atoms with Gasteiger partial charge < -0.3 is 10.1 Å². The number of benzene rings is 2. The Labute approximate surface area is 144 Å². The van der Waals surface area contributed by atoms with Crippen molar-refractivity contribution in [1.82, 2.24) is 0 Å². The number of fused-ring (bicyclic) bond motifs is 1. The number of halogens is 2. The Morgan fingerprint density at radius 2 is 2.10 bits per heavy atom. The lowest BCUT2D eigenvalue weighted by atomic mass is 9.87. The maximum absolute atomic E-state index is 6.03. The van der Waals surface area contributed by atoms with Crippen LogP contribution in [0.1, 0.15) is 30.0 Å². The number of aryl methyl sites for hydroxylation is 1. The van der Waals surface area contributed by atoms with Crippen molar-refractivity contribution >= 4 is 39.9 Å². The highest BCUT2D eigenvalue weighted by Crippen LogP contribution is 2.36. The van der Waals surface area contributed by atoms with Crippen molar-refractivity contribution in [2.24, 2.45) is 0 Å². The van der Waals surface area contributed by atoms with Crippen molar-refractivity contribution in [1.29, 1.82) is 0 Å². The van der Waals surface area contributed by atoms with E-state index in [0.717, 1.165) is 32.9 Å². The standard InChI is InChI=1S/C17H17ClINO/c1-21-13-7-5-11-3-2-4-16(14(11)10-13)20-17-8-6-12(18)9-15(17)19/h5-10,16,20H,2-4H2,1H3. The van der Waals surface area contributed by atoms with Gasteiger partial charge in [0.25, 0.3) is 0 Å². The highest BCUT2D eigenvalue weighted by atomic mass is 127. The van der Waals surface area contributed by atoms with E-state index in [-0.39, 0.29) is 0 Å². The summed E-state index contributed by atoms with van der Waals surface area (Å²) in [4.78, 5) is 0. The molecule has 21 heavy (non-hydrogen) atoms. The molecule has 0 aliphatic heterocycles. The number of rotatable bonds is 3. The number of methoxy groups -OCH3 is 1. The SMILES string of the molecule is COc1ccc2c(c1)C(Nc1ccc(Cl)cc1I)CCC2. The number of ether oxygens (including phenoxy) is 1. The minimum Gasteiger partial charge on any atom is -0.497 e. The van der Waals surface area contributed by atoms with Crippen molar-refractivity contribution in [3.8, 4) is 5.75 Å². The molecule has 1 aliphatic rings. The smallest absolute Gasteiger partial charge is 0.119 e. The Morgan fingerprint density at radius 1 is 1.24 bits per heavy atom. The zero-order valence-corrected chi connectivity index (χ0v) is 14.7. The normalized spacial score (nSPS) is 17.2. The number of hydrogen-bond acceptors (Lipinski definition) is 2. The Bertz CT molecular complexity index is 659. The van der Waals surface area contributed by atoms with Gasteiger partial charge in [-0.1, -0.05) is 17.7 Å². The van der Waals surface area contributed by atoms with Gasteiger partial charge in [0.15, 0.2) is 0 Å². The van der Waals surface area contributed by atoms with Crippen LogP contribution >= 0.6 is 34.2 Å².